The number of methoxy groups -OCH3 is 1. The normalized spacial score (nSPS) is 10.6. The van der Waals surface area contributed by atoms with Gasteiger partial charge in [0.15, 0.2) is 11.5 Å². The SMILES string of the molecule is CCOc1cc(/C=N\NCc2ccccc2OC)cc(Br)c1OCc1ccccc1C#N. The minimum absolute atomic E-state index is 0.260. The zero-order valence-corrected chi connectivity index (χ0v) is 19.6. The molecule has 7 heteroatoms. The monoisotopic (exact) mass is 493 g/mol. The van der Waals surface area contributed by atoms with Crippen molar-refractivity contribution in [1.29, 1.82) is 5.26 Å². The Bertz CT molecular complexity index is 1130. The van der Waals surface area contributed by atoms with E-state index in [-0.39, 0.29) is 6.61 Å². The fourth-order valence-electron chi connectivity index (χ4n) is 3.07. The van der Waals surface area contributed by atoms with Gasteiger partial charge in [0.25, 0.3) is 0 Å². The zero-order chi connectivity index (χ0) is 22.8. The molecule has 0 fully saturated rings. The molecule has 0 spiro atoms. The van der Waals surface area contributed by atoms with Gasteiger partial charge in [-0.3, -0.25) is 0 Å². The number of para-hydroxylation sites is 1. The summed E-state index contributed by atoms with van der Waals surface area (Å²) in [6.45, 7) is 3.21. The molecule has 0 atom stereocenters. The lowest BCUT2D eigenvalue weighted by Crippen LogP contribution is -2.07. The van der Waals surface area contributed by atoms with Crippen LogP contribution < -0.4 is 19.6 Å². The minimum Gasteiger partial charge on any atom is -0.496 e. The van der Waals surface area contributed by atoms with Crippen molar-refractivity contribution in [2.45, 2.75) is 20.1 Å². The van der Waals surface area contributed by atoms with Gasteiger partial charge < -0.3 is 19.6 Å². The maximum Gasteiger partial charge on any atom is 0.175 e. The van der Waals surface area contributed by atoms with Crippen molar-refractivity contribution in [2.24, 2.45) is 5.10 Å². The van der Waals surface area contributed by atoms with Crippen molar-refractivity contribution < 1.29 is 14.2 Å². The summed E-state index contributed by atoms with van der Waals surface area (Å²) in [6, 6.07) is 21.1. The fourth-order valence-corrected chi connectivity index (χ4v) is 3.64. The van der Waals surface area contributed by atoms with Crippen molar-refractivity contribution in [2.75, 3.05) is 13.7 Å². The number of nitrogens with zero attached hydrogens (tertiary/aromatic N) is 2. The summed E-state index contributed by atoms with van der Waals surface area (Å²) in [7, 11) is 1.65. The molecule has 6 nitrogen and oxygen atoms in total. The molecule has 3 aromatic rings. The Morgan fingerprint density at radius 3 is 2.53 bits per heavy atom. The van der Waals surface area contributed by atoms with E-state index in [1.165, 1.54) is 0 Å². The molecule has 0 aliphatic rings. The number of halogens is 1. The molecular weight excluding hydrogens is 470 g/mol. The second-order valence-corrected chi connectivity index (χ2v) is 7.58. The summed E-state index contributed by atoms with van der Waals surface area (Å²) in [5, 5.41) is 13.6. The molecular formula is C25H24BrN3O3. The van der Waals surface area contributed by atoms with Crippen LogP contribution in [-0.2, 0) is 13.2 Å². The van der Waals surface area contributed by atoms with E-state index in [1.807, 2.05) is 61.5 Å². The van der Waals surface area contributed by atoms with Gasteiger partial charge in [0, 0.05) is 11.1 Å². The van der Waals surface area contributed by atoms with E-state index >= 15 is 0 Å². The molecule has 0 aromatic heterocycles. The Balaban J connectivity index is 1.72. The van der Waals surface area contributed by atoms with Crippen molar-refractivity contribution in [3.8, 4) is 23.3 Å². The predicted molar refractivity (Wildman–Crippen MR) is 128 cm³/mol. The largest absolute Gasteiger partial charge is 0.496 e. The van der Waals surface area contributed by atoms with E-state index in [0.717, 1.165) is 26.9 Å². The quantitative estimate of drug-likeness (QED) is 0.301. The standard InChI is InChI=1S/C25H24BrN3O3/c1-3-31-24-13-18(15-28-29-16-20-9-6-7-11-23(20)30-2)12-22(26)25(24)32-17-21-10-5-4-8-19(21)14-27/h4-13,15,29H,3,16-17H2,1-2H3/b28-15-. The van der Waals surface area contributed by atoms with Gasteiger partial charge in [-0.15, -0.1) is 0 Å². The molecule has 3 rings (SSSR count). The van der Waals surface area contributed by atoms with Gasteiger partial charge in [0.1, 0.15) is 12.4 Å². The summed E-state index contributed by atoms with van der Waals surface area (Å²) in [5.74, 6) is 2.00. The molecule has 0 saturated carbocycles. The highest BCUT2D eigenvalue weighted by atomic mass is 79.9. The smallest absolute Gasteiger partial charge is 0.175 e. The van der Waals surface area contributed by atoms with E-state index in [2.05, 4.69) is 32.5 Å². The number of nitriles is 1. The van der Waals surface area contributed by atoms with Crippen LogP contribution in [-0.4, -0.2) is 19.9 Å². The second kappa shape index (κ2) is 11.8. The van der Waals surface area contributed by atoms with E-state index in [0.29, 0.717) is 30.2 Å². The average molecular weight is 494 g/mol. The first-order chi connectivity index (χ1) is 15.7. The topological polar surface area (TPSA) is 75.9 Å². The third kappa shape index (κ3) is 6.02. The highest BCUT2D eigenvalue weighted by Crippen LogP contribution is 2.37. The lowest BCUT2D eigenvalue weighted by molar-refractivity contribution is 0.267. The van der Waals surface area contributed by atoms with Gasteiger partial charge in [0.05, 0.1) is 42.6 Å². The van der Waals surface area contributed by atoms with Crippen molar-refractivity contribution in [1.82, 2.24) is 5.43 Å². The number of nitrogens with one attached hydrogen (secondary N) is 1. The molecule has 0 heterocycles. The third-order valence-corrected chi connectivity index (χ3v) is 5.20. The number of benzene rings is 3. The Morgan fingerprint density at radius 1 is 1.03 bits per heavy atom. The van der Waals surface area contributed by atoms with Gasteiger partial charge in [-0.25, -0.2) is 0 Å². The Labute approximate surface area is 196 Å². The lowest BCUT2D eigenvalue weighted by atomic mass is 10.1. The van der Waals surface area contributed by atoms with Crippen LogP contribution in [0.25, 0.3) is 0 Å². The molecule has 0 amide bonds. The molecule has 3 aromatic carbocycles. The molecule has 0 radical (unpaired) electrons. The fraction of sp³-hybridized carbons (Fsp3) is 0.200. The molecule has 0 saturated heterocycles. The summed E-state index contributed by atoms with van der Waals surface area (Å²) in [6.07, 6.45) is 1.72. The van der Waals surface area contributed by atoms with Crippen LogP contribution in [0.2, 0.25) is 0 Å². The van der Waals surface area contributed by atoms with Crippen LogP contribution in [0.15, 0.2) is 70.2 Å². The third-order valence-electron chi connectivity index (χ3n) is 4.61. The summed E-state index contributed by atoms with van der Waals surface area (Å²) in [4.78, 5) is 0. The zero-order valence-electron chi connectivity index (χ0n) is 18.0. The van der Waals surface area contributed by atoms with E-state index in [9.17, 15) is 5.26 Å². The van der Waals surface area contributed by atoms with Crippen molar-refractivity contribution in [3.05, 3.63) is 87.4 Å². The number of rotatable bonds is 10. The van der Waals surface area contributed by atoms with Crippen LogP contribution in [0.1, 0.15) is 29.2 Å². The number of hydrazone groups is 1. The highest BCUT2D eigenvalue weighted by molar-refractivity contribution is 9.10. The first-order valence-electron chi connectivity index (χ1n) is 10.1. The molecule has 164 valence electrons. The van der Waals surface area contributed by atoms with Gasteiger partial charge in [0.2, 0.25) is 0 Å². The predicted octanol–water partition coefficient (Wildman–Crippen LogP) is 5.43. The van der Waals surface area contributed by atoms with Crippen LogP contribution in [0, 0.1) is 11.3 Å². The minimum atomic E-state index is 0.260. The Hall–Kier alpha value is -3.50. The second-order valence-electron chi connectivity index (χ2n) is 6.73. The van der Waals surface area contributed by atoms with Crippen molar-refractivity contribution >= 4 is 22.1 Å². The van der Waals surface area contributed by atoms with Crippen LogP contribution in [0.5, 0.6) is 17.2 Å². The molecule has 0 bridgehead atoms. The number of hydrogen-bond acceptors (Lipinski definition) is 6. The molecule has 1 N–H and O–H groups in total. The maximum atomic E-state index is 9.28. The Kier molecular flexibility index (Phi) is 8.52. The molecule has 0 aliphatic heterocycles. The molecule has 0 unspecified atom stereocenters. The highest BCUT2D eigenvalue weighted by Gasteiger charge is 2.13. The first-order valence-corrected chi connectivity index (χ1v) is 10.9. The summed E-state index contributed by atoms with van der Waals surface area (Å²) in [5.41, 5.74) is 6.31. The molecule has 0 aliphatic carbocycles. The average Bonchev–Trinajstić information content (AvgIpc) is 2.82. The summed E-state index contributed by atoms with van der Waals surface area (Å²) >= 11 is 3.57. The van der Waals surface area contributed by atoms with E-state index in [4.69, 9.17) is 14.2 Å². The molecule has 32 heavy (non-hydrogen) atoms. The van der Waals surface area contributed by atoms with E-state index in [1.54, 1.807) is 19.4 Å². The maximum absolute atomic E-state index is 9.28. The van der Waals surface area contributed by atoms with Gasteiger partial charge >= 0.3 is 0 Å². The van der Waals surface area contributed by atoms with Gasteiger partial charge in [-0.2, -0.15) is 10.4 Å². The van der Waals surface area contributed by atoms with E-state index < -0.39 is 0 Å². The van der Waals surface area contributed by atoms with Crippen molar-refractivity contribution in [3.63, 3.8) is 0 Å². The van der Waals surface area contributed by atoms with Crippen LogP contribution >= 0.6 is 15.9 Å². The van der Waals surface area contributed by atoms with Crippen LogP contribution in [0.4, 0.5) is 0 Å². The van der Waals surface area contributed by atoms with Gasteiger partial charge in [-0.1, -0.05) is 36.4 Å². The van der Waals surface area contributed by atoms with Crippen LogP contribution in [0.3, 0.4) is 0 Å². The summed E-state index contributed by atoms with van der Waals surface area (Å²) < 4.78 is 17.9. The lowest BCUT2D eigenvalue weighted by Gasteiger charge is -2.15. The number of ether oxygens (including phenoxy) is 3. The Morgan fingerprint density at radius 2 is 1.78 bits per heavy atom. The first kappa shape index (κ1) is 23.2. The number of hydrogen-bond donors (Lipinski definition) is 1. The van der Waals surface area contributed by atoms with Gasteiger partial charge in [-0.05, 0) is 52.7 Å².